The Bertz CT molecular complexity index is 858. The minimum Gasteiger partial charge on any atom is -0.342 e. The van der Waals surface area contributed by atoms with Crippen molar-refractivity contribution in [2.45, 2.75) is 52.0 Å². The van der Waals surface area contributed by atoms with E-state index in [0.29, 0.717) is 6.54 Å². The monoisotopic (exact) mass is 381 g/mol. The van der Waals surface area contributed by atoms with Crippen molar-refractivity contribution in [2.24, 2.45) is 5.92 Å². The lowest BCUT2D eigenvalue weighted by Gasteiger charge is -2.31. The molecule has 0 aliphatic carbocycles. The molecule has 1 saturated heterocycles. The van der Waals surface area contributed by atoms with E-state index in [9.17, 15) is 9.59 Å². The molecule has 1 atom stereocenters. The summed E-state index contributed by atoms with van der Waals surface area (Å²) < 4.78 is 2.22. The van der Waals surface area contributed by atoms with Gasteiger partial charge in [-0.3, -0.25) is 9.59 Å². The van der Waals surface area contributed by atoms with Gasteiger partial charge in [0, 0.05) is 44.2 Å². The van der Waals surface area contributed by atoms with E-state index in [1.165, 1.54) is 12.8 Å². The van der Waals surface area contributed by atoms with Crippen LogP contribution in [0.15, 0.2) is 24.3 Å². The van der Waals surface area contributed by atoms with Gasteiger partial charge in [-0.05, 0) is 49.9 Å². The third-order valence-corrected chi connectivity index (χ3v) is 5.76. The van der Waals surface area contributed by atoms with Crippen LogP contribution in [-0.2, 0) is 22.6 Å². The highest BCUT2D eigenvalue weighted by Crippen LogP contribution is 2.25. The molecule has 0 radical (unpaired) electrons. The number of nitrogens with zero attached hydrogens (tertiary/aromatic N) is 4. The van der Waals surface area contributed by atoms with Gasteiger partial charge in [0.15, 0.2) is 5.82 Å². The van der Waals surface area contributed by atoms with Crippen molar-refractivity contribution in [3.05, 3.63) is 30.1 Å². The summed E-state index contributed by atoms with van der Waals surface area (Å²) in [5.74, 6) is 1.84. The quantitative estimate of drug-likeness (QED) is 0.887. The van der Waals surface area contributed by atoms with Gasteiger partial charge >= 0.3 is 0 Å². The van der Waals surface area contributed by atoms with Crippen LogP contribution in [0, 0.1) is 5.92 Å². The number of aromatic nitrogens is 3. The molecule has 1 N–H and O–H groups in total. The second kappa shape index (κ2) is 8.12. The summed E-state index contributed by atoms with van der Waals surface area (Å²) in [5, 5.41) is 11.7. The molecular formula is C21H27N5O2. The molecule has 4 rings (SSSR count). The average molecular weight is 381 g/mol. The maximum absolute atomic E-state index is 12.6. The Balaban J connectivity index is 1.43. The molecule has 148 valence electrons. The van der Waals surface area contributed by atoms with Crippen LogP contribution in [0.25, 0.3) is 11.4 Å². The minimum absolute atomic E-state index is 0.0185. The first-order valence-corrected chi connectivity index (χ1v) is 10.2. The zero-order chi connectivity index (χ0) is 19.5. The Kier molecular flexibility index (Phi) is 5.41. The molecule has 0 spiro atoms. The first-order chi connectivity index (χ1) is 13.6. The Hall–Kier alpha value is -2.70. The molecule has 1 aromatic heterocycles. The van der Waals surface area contributed by atoms with Crippen molar-refractivity contribution in [1.29, 1.82) is 0 Å². The molecule has 7 nitrogen and oxygen atoms in total. The summed E-state index contributed by atoms with van der Waals surface area (Å²) in [6.45, 7) is 3.77. The maximum atomic E-state index is 12.6. The molecule has 2 aromatic rings. The normalized spacial score (nSPS) is 19.6. The first-order valence-electron chi connectivity index (χ1n) is 10.2. The average Bonchev–Trinajstić information content (AvgIpc) is 2.96. The molecule has 1 fully saturated rings. The molecule has 2 aliphatic heterocycles. The third kappa shape index (κ3) is 3.93. The van der Waals surface area contributed by atoms with Crippen molar-refractivity contribution in [1.82, 2.24) is 19.7 Å². The van der Waals surface area contributed by atoms with Crippen LogP contribution in [0.5, 0.6) is 0 Å². The highest BCUT2D eigenvalue weighted by atomic mass is 16.2. The van der Waals surface area contributed by atoms with E-state index in [-0.39, 0.29) is 17.7 Å². The number of hydrogen-bond acceptors (Lipinski definition) is 4. The number of hydrogen-bond donors (Lipinski definition) is 1. The van der Waals surface area contributed by atoms with Crippen LogP contribution in [0.2, 0.25) is 0 Å². The van der Waals surface area contributed by atoms with Gasteiger partial charge in [-0.2, -0.15) is 0 Å². The maximum Gasteiger partial charge on any atom is 0.229 e. The van der Waals surface area contributed by atoms with Crippen LogP contribution < -0.4 is 5.32 Å². The molecule has 3 heterocycles. The van der Waals surface area contributed by atoms with Crippen molar-refractivity contribution < 1.29 is 9.59 Å². The van der Waals surface area contributed by atoms with Gasteiger partial charge in [0.2, 0.25) is 11.8 Å². The second-order valence-electron chi connectivity index (χ2n) is 7.77. The lowest BCUT2D eigenvalue weighted by molar-refractivity contribution is -0.132. The zero-order valence-electron chi connectivity index (χ0n) is 16.4. The van der Waals surface area contributed by atoms with E-state index < -0.39 is 0 Å². The van der Waals surface area contributed by atoms with E-state index in [4.69, 9.17) is 0 Å². The Morgan fingerprint density at radius 1 is 1.04 bits per heavy atom. The Morgan fingerprint density at radius 2 is 1.86 bits per heavy atom. The number of nitrogens with one attached hydrogen (secondary N) is 1. The van der Waals surface area contributed by atoms with E-state index in [1.807, 2.05) is 24.3 Å². The van der Waals surface area contributed by atoms with Crippen molar-refractivity contribution in [2.75, 3.05) is 18.4 Å². The van der Waals surface area contributed by atoms with Gasteiger partial charge in [-0.25, -0.2) is 0 Å². The first kappa shape index (κ1) is 18.7. The number of fused-ring (bicyclic) bond motifs is 1. The SMILES string of the molecule is CC(=O)N1CCCC(C(=O)Nc2ccc(-c3nnc4n3CCCCC4)cc2)C1. The second-order valence-corrected chi connectivity index (χ2v) is 7.77. The fourth-order valence-electron chi connectivity index (χ4n) is 4.12. The number of rotatable bonds is 3. The van der Waals surface area contributed by atoms with Crippen LogP contribution in [0.3, 0.4) is 0 Å². The van der Waals surface area contributed by atoms with Gasteiger partial charge in [0.25, 0.3) is 0 Å². The summed E-state index contributed by atoms with van der Waals surface area (Å²) in [6.07, 6.45) is 6.24. The van der Waals surface area contributed by atoms with Gasteiger partial charge in [0.05, 0.1) is 5.92 Å². The van der Waals surface area contributed by atoms with E-state index in [2.05, 4.69) is 20.1 Å². The van der Waals surface area contributed by atoms with Crippen LogP contribution >= 0.6 is 0 Å². The van der Waals surface area contributed by atoms with Crippen LogP contribution in [0.4, 0.5) is 5.69 Å². The summed E-state index contributed by atoms with van der Waals surface area (Å²) in [7, 11) is 0. The minimum atomic E-state index is -0.149. The fourth-order valence-corrected chi connectivity index (χ4v) is 4.12. The summed E-state index contributed by atoms with van der Waals surface area (Å²) in [6, 6.07) is 7.80. The van der Waals surface area contributed by atoms with Gasteiger partial charge < -0.3 is 14.8 Å². The zero-order valence-corrected chi connectivity index (χ0v) is 16.4. The van der Waals surface area contributed by atoms with Crippen LogP contribution in [-0.4, -0.2) is 44.6 Å². The van der Waals surface area contributed by atoms with E-state index >= 15 is 0 Å². The largest absolute Gasteiger partial charge is 0.342 e. The Labute approximate surface area is 165 Å². The molecule has 0 saturated carbocycles. The number of piperidine rings is 1. The van der Waals surface area contributed by atoms with Crippen LogP contribution in [0.1, 0.15) is 44.9 Å². The molecule has 1 unspecified atom stereocenters. The lowest BCUT2D eigenvalue weighted by atomic mass is 9.97. The highest BCUT2D eigenvalue weighted by molar-refractivity contribution is 5.93. The highest BCUT2D eigenvalue weighted by Gasteiger charge is 2.27. The molecule has 2 aliphatic rings. The standard InChI is InChI=1S/C21H27N5O2/c1-15(27)25-12-5-6-17(14-25)21(28)22-18-10-8-16(9-11-18)20-24-23-19-7-3-2-4-13-26(19)20/h8-11,17H,2-7,12-14H2,1H3,(H,22,28). The number of anilines is 1. The van der Waals surface area contributed by atoms with Crippen molar-refractivity contribution in [3.8, 4) is 11.4 Å². The third-order valence-electron chi connectivity index (χ3n) is 5.76. The van der Waals surface area contributed by atoms with Crippen molar-refractivity contribution in [3.63, 3.8) is 0 Å². The molecular weight excluding hydrogens is 354 g/mol. The number of benzene rings is 1. The lowest BCUT2D eigenvalue weighted by Crippen LogP contribution is -2.42. The van der Waals surface area contributed by atoms with Gasteiger partial charge in [0.1, 0.15) is 5.82 Å². The number of amides is 2. The number of carbonyl (C=O) groups excluding carboxylic acids is 2. The number of aryl methyl sites for hydroxylation is 1. The smallest absolute Gasteiger partial charge is 0.229 e. The predicted molar refractivity (Wildman–Crippen MR) is 107 cm³/mol. The summed E-state index contributed by atoms with van der Waals surface area (Å²) >= 11 is 0. The molecule has 2 amide bonds. The van der Waals surface area contributed by atoms with Gasteiger partial charge in [-0.15, -0.1) is 10.2 Å². The molecule has 28 heavy (non-hydrogen) atoms. The number of likely N-dealkylation sites (tertiary alicyclic amines) is 1. The molecule has 0 bridgehead atoms. The topological polar surface area (TPSA) is 80.1 Å². The Morgan fingerprint density at radius 3 is 2.64 bits per heavy atom. The molecule has 7 heteroatoms. The van der Waals surface area contributed by atoms with Gasteiger partial charge in [-0.1, -0.05) is 6.42 Å². The molecule has 1 aromatic carbocycles. The van der Waals surface area contributed by atoms with E-state index in [0.717, 1.165) is 61.7 Å². The fraction of sp³-hybridized carbons (Fsp3) is 0.524. The number of carbonyl (C=O) groups is 2. The summed E-state index contributed by atoms with van der Waals surface area (Å²) in [4.78, 5) is 25.9. The van der Waals surface area contributed by atoms with Crippen molar-refractivity contribution >= 4 is 17.5 Å². The summed E-state index contributed by atoms with van der Waals surface area (Å²) in [5.41, 5.74) is 1.78. The predicted octanol–water partition coefficient (Wildman–Crippen LogP) is 2.87. The van der Waals surface area contributed by atoms with E-state index in [1.54, 1.807) is 11.8 Å².